The molecule has 0 amide bonds. The monoisotopic (exact) mass is 206 g/mol. The quantitative estimate of drug-likeness (QED) is 0.738. The van der Waals surface area contributed by atoms with Crippen molar-refractivity contribution < 1.29 is 0 Å². The maximum atomic E-state index is 3.77. The first-order valence-corrected chi connectivity index (χ1v) is 6.88. The highest BCUT2D eigenvalue weighted by Crippen LogP contribution is 2.40. The average Bonchev–Trinajstić information content (AvgIpc) is 2.96. The first kappa shape index (κ1) is 9.00. The van der Waals surface area contributed by atoms with Crippen LogP contribution in [0.4, 0.5) is 0 Å². The van der Waals surface area contributed by atoms with Crippen LogP contribution >= 0.6 is 0 Å². The fourth-order valence-electron chi connectivity index (χ4n) is 4.69. The van der Waals surface area contributed by atoms with E-state index in [1.54, 1.807) is 0 Å². The Balaban J connectivity index is 1.40. The van der Waals surface area contributed by atoms with E-state index in [2.05, 4.69) is 10.2 Å². The second kappa shape index (κ2) is 3.21. The highest BCUT2D eigenvalue weighted by Gasteiger charge is 2.43. The lowest BCUT2D eigenvalue weighted by Gasteiger charge is -2.32. The third kappa shape index (κ3) is 1.38. The van der Waals surface area contributed by atoms with Crippen LogP contribution in [0.25, 0.3) is 0 Å². The van der Waals surface area contributed by atoms with E-state index in [0.717, 1.165) is 30.0 Å². The van der Waals surface area contributed by atoms with Crippen LogP contribution in [0.2, 0.25) is 0 Å². The van der Waals surface area contributed by atoms with E-state index in [1.807, 2.05) is 0 Å². The third-order valence-electron chi connectivity index (χ3n) is 5.42. The molecule has 0 spiro atoms. The van der Waals surface area contributed by atoms with Crippen molar-refractivity contribution in [1.82, 2.24) is 10.2 Å². The summed E-state index contributed by atoms with van der Waals surface area (Å²) >= 11 is 0. The number of piperidine rings is 1. The molecular formula is C13H22N2. The van der Waals surface area contributed by atoms with Gasteiger partial charge in [0, 0.05) is 31.2 Å². The van der Waals surface area contributed by atoms with Crippen molar-refractivity contribution in [3.63, 3.8) is 0 Å². The number of nitrogens with zero attached hydrogens (tertiary/aromatic N) is 1. The zero-order chi connectivity index (χ0) is 9.83. The van der Waals surface area contributed by atoms with Crippen LogP contribution < -0.4 is 5.32 Å². The second-order valence-electron chi connectivity index (χ2n) is 6.33. The third-order valence-corrected chi connectivity index (χ3v) is 5.42. The first-order valence-electron chi connectivity index (χ1n) is 6.88. The van der Waals surface area contributed by atoms with Crippen LogP contribution in [-0.4, -0.2) is 36.1 Å². The highest BCUT2D eigenvalue weighted by molar-refractivity contribution is 5.00. The Morgan fingerprint density at radius 1 is 1.07 bits per heavy atom. The van der Waals surface area contributed by atoms with E-state index >= 15 is 0 Å². The lowest BCUT2D eigenvalue weighted by Crippen LogP contribution is -2.39. The SMILES string of the molecule is C1CC2CC1CN2CC1CC2CCC1N2. The minimum Gasteiger partial charge on any atom is -0.311 e. The Kier molecular flexibility index (Phi) is 1.92. The lowest BCUT2D eigenvalue weighted by atomic mass is 9.88. The largest absolute Gasteiger partial charge is 0.311 e. The zero-order valence-electron chi connectivity index (χ0n) is 9.49. The normalized spacial score (nSPS) is 53.2. The molecule has 2 nitrogen and oxygen atoms in total. The van der Waals surface area contributed by atoms with Gasteiger partial charge in [-0.2, -0.15) is 0 Å². The predicted molar refractivity (Wildman–Crippen MR) is 60.8 cm³/mol. The highest BCUT2D eigenvalue weighted by atomic mass is 15.2. The van der Waals surface area contributed by atoms with E-state index in [-0.39, 0.29) is 0 Å². The standard InChI is InChI=1S/C13H22N2/c1-3-12-5-9(1)7-15(12)8-10-6-11-2-4-13(10)14-11/h9-14H,1-8H2. The first-order chi connectivity index (χ1) is 7.38. The molecule has 1 N–H and O–H groups in total. The van der Waals surface area contributed by atoms with Gasteiger partial charge in [0.25, 0.3) is 0 Å². The number of nitrogens with one attached hydrogen (secondary N) is 1. The summed E-state index contributed by atoms with van der Waals surface area (Å²) in [6, 6.07) is 2.75. The molecule has 4 rings (SSSR count). The summed E-state index contributed by atoms with van der Waals surface area (Å²) in [6.07, 6.45) is 8.92. The second-order valence-corrected chi connectivity index (χ2v) is 6.33. The Morgan fingerprint density at radius 2 is 2.07 bits per heavy atom. The summed E-state index contributed by atoms with van der Waals surface area (Å²) < 4.78 is 0. The van der Waals surface area contributed by atoms with Gasteiger partial charge in [-0.1, -0.05) is 0 Å². The molecule has 1 aliphatic carbocycles. The molecular weight excluding hydrogens is 184 g/mol. The molecule has 2 heteroatoms. The summed E-state index contributed by atoms with van der Waals surface area (Å²) in [7, 11) is 0. The average molecular weight is 206 g/mol. The van der Waals surface area contributed by atoms with Crippen LogP contribution in [0.3, 0.4) is 0 Å². The van der Waals surface area contributed by atoms with Crippen LogP contribution in [0.5, 0.6) is 0 Å². The van der Waals surface area contributed by atoms with Crippen LogP contribution in [-0.2, 0) is 0 Å². The minimum atomic E-state index is 0.883. The molecule has 0 aromatic rings. The molecule has 4 aliphatic rings. The van der Waals surface area contributed by atoms with Crippen LogP contribution in [0.1, 0.15) is 38.5 Å². The molecule has 1 saturated carbocycles. The Hall–Kier alpha value is -0.0800. The molecule has 0 aromatic carbocycles. The maximum absolute atomic E-state index is 3.77. The van der Waals surface area contributed by atoms with Gasteiger partial charge in [-0.3, -0.25) is 4.90 Å². The Bertz CT molecular complexity index is 239. The maximum Gasteiger partial charge on any atom is 0.0111 e. The Morgan fingerprint density at radius 3 is 2.67 bits per heavy atom. The van der Waals surface area contributed by atoms with E-state index in [9.17, 15) is 0 Å². The molecule has 5 unspecified atom stereocenters. The van der Waals surface area contributed by atoms with E-state index < -0.39 is 0 Å². The van der Waals surface area contributed by atoms with Gasteiger partial charge in [-0.05, 0) is 50.4 Å². The van der Waals surface area contributed by atoms with Crippen LogP contribution in [0.15, 0.2) is 0 Å². The fraction of sp³-hybridized carbons (Fsp3) is 1.00. The summed E-state index contributed by atoms with van der Waals surface area (Å²) in [6.45, 7) is 2.84. The summed E-state index contributed by atoms with van der Waals surface area (Å²) in [5.74, 6) is 2.06. The van der Waals surface area contributed by atoms with Crippen molar-refractivity contribution >= 4 is 0 Å². The number of likely N-dealkylation sites (tertiary alicyclic amines) is 1. The molecule has 3 aliphatic heterocycles. The van der Waals surface area contributed by atoms with Gasteiger partial charge in [-0.25, -0.2) is 0 Å². The van der Waals surface area contributed by atoms with Crippen molar-refractivity contribution in [1.29, 1.82) is 0 Å². The van der Waals surface area contributed by atoms with Crippen molar-refractivity contribution in [2.45, 2.75) is 56.7 Å². The van der Waals surface area contributed by atoms with Crippen molar-refractivity contribution in [3.05, 3.63) is 0 Å². The van der Waals surface area contributed by atoms with Crippen molar-refractivity contribution in [2.75, 3.05) is 13.1 Å². The molecule has 3 heterocycles. The van der Waals surface area contributed by atoms with E-state index in [1.165, 1.54) is 51.6 Å². The topological polar surface area (TPSA) is 15.3 Å². The molecule has 84 valence electrons. The minimum absolute atomic E-state index is 0.883. The summed E-state index contributed by atoms with van der Waals surface area (Å²) in [4.78, 5) is 2.82. The fourth-order valence-corrected chi connectivity index (χ4v) is 4.69. The summed E-state index contributed by atoms with van der Waals surface area (Å²) in [5.41, 5.74) is 0. The molecule has 4 bridgehead atoms. The zero-order valence-corrected chi connectivity index (χ0v) is 9.49. The van der Waals surface area contributed by atoms with Gasteiger partial charge in [-0.15, -0.1) is 0 Å². The van der Waals surface area contributed by atoms with Crippen molar-refractivity contribution in [3.8, 4) is 0 Å². The molecule has 15 heavy (non-hydrogen) atoms. The molecule has 0 radical (unpaired) electrons. The number of hydrogen-bond donors (Lipinski definition) is 1. The lowest BCUT2D eigenvalue weighted by molar-refractivity contribution is 0.169. The van der Waals surface area contributed by atoms with Gasteiger partial charge in [0.1, 0.15) is 0 Å². The molecule has 0 aromatic heterocycles. The molecule has 4 fully saturated rings. The smallest absolute Gasteiger partial charge is 0.0111 e. The number of rotatable bonds is 2. The Labute approximate surface area is 92.4 Å². The number of fused-ring (bicyclic) bond motifs is 4. The van der Waals surface area contributed by atoms with Crippen molar-refractivity contribution in [2.24, 2.45) is 11.8 Å². The number of hydrogen-bond acceptors (Lipinski definition) is 2. The van der Waals surface area contributed by atoms with Gasteiger partial charge < -0.3 is 5.32 Å². The van der Waals surface area contributed by atoms with Crippen LogP contribution in [0, 0.1) is 11.8 Å². The van der Waals surface area contributed by atoms with E-state index in [4.69, 9.17) is 0 Å². The molecule has 3 saturated heterocycles. The van der Waals surface area contributed by atoms with Gasteiger partial charge in [0.05, 0.1) is 0 Å². The summed E-state index contributed by atoms with van der Waals surface area (Å²) in [5, 5.41) is 3.77. The van der Waals surface area contributed by atoms with Gasteiger partial charge >= 0.3 is 0 Å². The predicted octanol–water partition coefficient (Wildman–Crippen LogP) is 1.61. The molecule has 5 atom stereocenters. The van der Waals surface area contributed by atoms with E-state index in [0.29, 0.717) is 0 Å². The van der Waals surface area contributed by atoms with Gasteiger partial charge in [0.15, 0.2) is 0 Å². The van der Waals surface area contributed by atoms with Gasteiger partial charge in [0.2, 0.25) is 0 Å².